The number of para-hydroxylation sites is 1. The summed E-state index contributed by atoms with van der Waals surface area (Å²) in [6, 6.07) is 16.0. The second-order valence-electron chi connectivity index (χ2n) is 5.00. The van der Waals surface area contributed by atoms with E-state index in [1.54, 1.807) is 11.8 Å². The number of fused-ring (bicyclic) bond motifs is 1. The normalized spacial score (nSPS) is 12.3. The molecule has 0 radical (unpaired) electrons. The van der Waals surface area contributed by atoms with Crippen molar-refractivity contribution in [2.75, 3.05) is 5.32 Å². The zero-order valence-electron chi connectivity index (χ0n) is 12.4. The van der Waals surface area contributed by atoms with Crippen molar-refractivity contribution in [1.29, 1.82) is 0 Å². The Kier molecular flexibility index (Phi) is 4.45. The van der Waals surface area contributed by atoms with Gasteiger partial charge in [0.1, 0.15) is 0 Å². The molecule has 1 heterocycles. The standard InChI is InChI=1S/C17H16N2OS2/c1-11-7-6-10-14-15(11)18-17(22-14)19-16(20)12(2)21-13-8-4-3-5-9-13/h3-10,12H,1-2H3,(H,18,19,20). The lowest BCUT2D eigenvalue weighted by molar-refractivity contribution is -0.115. The smallest absolute Gasteiger partial charge is 0.239 e. The quantitative estimate of drug-likeness (QED) is 0.704. The van der Waals surface area contributed by atoms with Gasteiger partial charge in [-0.15, -0.1) is 11.8 Å². The third kappa shape index (κ3) is 3.31. The maximum Gasteiger partial charge on any atom is 0.239 e. The predicted octanol–water partition coefficient (Wildman–Crippen LogP) is 4.72. The van der Waals surface area contributed by atoms with Gasteiger partial charge in [-0.1, -0.05) is 41.7 Å². The number of thiazole rings is 1. The summed E-state index contributed by atoms with van der Waals surface area (Å²) in [5.41, 5.74) is 2.09. The van der Waals surface area contributed by atoms with Gasteiger partial charge >= 0.3 is 0 Å². The van der Waals surface area contributed by atoms with Crippen molar-refractivity contribution in [2.45, 2.75) is 24.0 Å². The van der Waals surface area contributed by atoms with Crippen molar-refractivity contribution >= 4 is 44.4 Å². The highest BCUT2D eigenvalue weighted by Crippen LogP contribution is 2.29. The van der Waals surface area contributed by atoms with Crippen molar-refractivity contribution in [3.8, 4) is 0 Å². The summed E-state index contributed by atoms with van der Waals surface area (Å²) in [5, 5.41) is 3.42. The highest BCUT2D eigenvalue weighted by molar-refractivity contribution is 8.00. The lowest BCUT2D eigenvalue weighted by atomic mass is 10.2. The molecule has 2 aromatic carbocycles. The molecule has 0 aliphatic heterocycles. The van der Waals surface area contributed by atoms with Crippen LogP contribution in [0.1, 0.15) is 12.5 Å². The van der Waals surface area contributed by atoms with Crippen LogP contribution < -0.4 is 5.32 Å². The number of hydrogen-bond donors (Lipinski definition) is 1. The first kappa shape index (κ1) is 15.1. The van der Waals surface area contributed by atoms with Gasteiger partial charge in [-0.3, -0.25) is 4.79 Å². The molecule has 5 heteroatoms. The monoisotopic (exact) mass is 328 g/mol. The molecular formula is C17H16N2OS2. The SMILES string of the molecule is Cc1cccc2sc(NC(=O)C(C)Sc3ccccc3)nc12. The second-order valence-corrected chi connectivity index (χ2v) is 7.45. The van der Waals surface area contributed by atoms with Crippen LogP contribution in [-0.4, -0.2) is 16.1 Å². The molecule has 1 aromatic heterocycles. The van der Waals surface area contributed by atoms with Crippen LogP contribution in [-0.2, 0) is 4.79 Å². The van der Waals surface area contributed by atoms with E-state index in [0.717, 1.165) is 20.7 Å². The number of aryl methyl sites for hydroxylation is 1. The van der Waals surface area contributed by atoms with Gasteiger partial charge < -0.3 is 5.32 Å². The van der Waals surface area contributed by atoms with Gasteiger partial charge in [-0.2, -0.15) is 0 Å². The highest BCUT2D eigenvalue weighted by Gasteiger charge is 2.16. The topological polar surface area (TPSA) is 42.0 Å². The Bertz CT molecular complexity index is 799. The molecule has 0 aliphatic carbocycles. The lowest BCUT2D eigenvalue weighted by Gasteiger charge is -2.10. The number of thioether (sulfide) groups is 1. The molecule has 3 aromatic rings. The molecule has 0 spiro atoms. The van der Waals surface area contributed by atoms with Gasteiger partial charge in [-0.25, -0.2) is 4.98 Å². The van der Waals surface area contributed by atoms with Crippen LogP contribution in [0.3, 0.4) is 0 Å². The van der Waals surface area contributed by atoms with Crippen LogP contribution in [0, 0.1) is 6.92 Å². The maximum absolute atomic E-state index is 12.3. The first-order valence-electron chi connectivity index (χ1n) is 7.02. The number of carbonyl (C=O) groups is 1. The van der Waals surface area contributed by atoms with Crippen LogP contribution in [0.5, 0.6) is 0 Å². The van der Waals surface area contributed by atoms with E-state index in [0.29, 0.717) is 5.13 Å². The summed E-state index contributed by atoms with van der Waals surface area (Å²) < 4.78 is 1.10. The van der Waals surface area contributed by atoms with Crippen molar-refractivity contribution in [3.05, 3.63) is 54.1 Å². The fourth-order valence-corrected chi connectivity index (χ4v) is 3.94. The average Bonchev–Trinajstić information content (AvgIpc) is 2.92. The Morgan fingerprint density at radius 2 is 1.95 bits per heavy atom. The summed E-state index contributed by atoms with van der Waals surface area (Å²) >= 11 is 3.06. The zero-order chi connectivity index (χ0) is 15.5. The van der Waals surface area contributed by atoms with Crippen molar-refractivity contribution in [1.82, 2.24) is 4.98 Å². The molecule has 0 bridgehead atoms. The van der Waals surface area contributed by atoms with Crippen molar-refractivity contribution in [3.63, 3.8) is 0 Å². The predicted molar refractivity (Wildman–Crippen MR) is 94.7 cm³/mol. The van der Waals surface area contributed by atoms with Gasteiger partial charge in [-0.05, 0) is 37.6 Å². The van der Waals surface area contributed by atoms with Crippen LogP contribution in [0.25, 0.3) is 10.2 Å². The van der Waals surface area contributed by atoms with Gasteiger partial charge in [0.15, 0.2) is 5.13 Å². The highest BCUT2D eigenvalue weighted by atomic mass is 32.2. The Morgan fingerprint density at radius 3 is 2.68 bits per heavy atom. The van der Waals surface area contributed by atoms with Gasteiger partial charge in [0, 0.05) is 4.90 Å². The Hall–Kier alpha value is -1.85. The third-order valence-corrected chi connectivity index (χ3v) is 5.32. The Balaban J connectivity index is 1.71. The van der Waals surface area contributed by atoms with Gasteiger partial charge in [0.25, 0.3) is 0 Å². The summed E-state index contributed by atoms with van der Waals surface area (Å²) in [7, 11) is 0. The number of amides is 1. The fraction of sp³-hybridized carbons (Fsp3) is 0.176. The number of rotatable bonds is 4. The van der Waals surface area contributed by atoms with Crippen LogP contribution in [0.2, 0.25) is 0 Å². The number of benzene rings is 2. The molecule has 0 saturated carbocycles. The summed E-state index contributed by atoms with van der Waals surface area (Å²) in [6.07, 6.45) is 0. The molecule has 1 unspecified atom stereocenters. The molecule has 3 nitrogen and oxygen atoms in total. The van der Waals surface area contributed by atoms with E-state index >= 15 is 0 Å². The largest absolute Gasteiger partial charge is 0.301 e. The maximum atomic E-state index is 12.3. The molecule has 1 amide bonds. The van der Waals surface area contributed by atoms with E-state index in [4.69, 9.17) is 0 Å². The average molecular weight is 328 g/mol. The summed E-state index contributed by atoms with van der Waals surface area (Å²) in [4.78, 5) is 17.9. The molecule has 112 valence electrons. The van der Waals surface area contributed by atoms with Gasteiger partial charge in [0.2, 0.25) is 5.91 Å². The number of hydrogen-bond acceptors (Lipinski definition) is 4. The summed E-state index contributed by atoms with van der Waals surface area (Å²) in [6.45, 7) is 3.94. The second kappa shape index (κ2) is 6.50. The number of nitrogens with zero attached hydrogens (tertiary/aromatic N) is 1. The Labute approximate surface area is 137 Å². The van der Waals surface area contributed by atoms with Crippen LogP contribution in [0.15, 0.2) is 53.4 Å². The molecule has 0 fully saturated rings. The summed E-state index contributed by atoms with van der Waals surface area (Å²) in [5.74, 6) is -0.0226. The molecule has 0 saturated heterocycles. The number of carbonyl (C=O) groups excluding carboxylic acids is 1. The van der Waals surface area contributed by atoms with E-state index in [-0.39, 0.29) is 11.2 Å². The lowest BCUT2D eigenvalue weighted by Crippen LogP contribution is -2.22. The van der Waals surface area contributed by atoms with Crippen molar-refractivity contribution in [2.24, 2.45) is 0 Å². The minimum Gasteiger partial charge on any atom is -0.301 e. The first-order valence-corrected chi connectivity index (χ1v) is 8.72. The van der Waals surface area contributed by atoms with Crippen LogP contribution >= 0.6 is 23.1 Å². The minimum atomic E-state index is -0.171. The fourth-order valence-electron chi connectivity index (χ4n) is 2.10. The Morgan fingerprint density at radius 1 is 1.18 bits per heavy atom. The number of anilines is 1. The molecule has 22 heavy (non-hydrogen) atoms. The van der Waals surface area contributed by atoms with E-state index in [1.807, 2.05) is 62.4 Å². The van der Waals surface area contributed by atoms with E-state index < -0.39 is 0 Å². The minimum absolute atomic E-state index is 0.0226. The number of nitrogens with one attached hydrogen (secondary N) is 1. The molecule has 3 rings (SSSR count). The van der Waals surface area contributed by atoms with Crippen molar-refractivity contribution < 1.29 is 4.79 Å². The molecule has 1 N–H and O–H groups in total. The third-order valence-electron chi connectivity index (χ3n) is 3.28. The van der Waals surface area contributed by atoms with Crippen LogP contribution in [0.4, 0.5) is 5.13 Å². The first-order chi connectivity index (χ1) is 10.6. The molecular weight excluding hydrogens is 312 g/mol. The van der Waals surface area contributed by atoms with Gasteiger partial charge in [0.05, 0.1) is 15.5 Å². The molecule has 1 atom stereocenters. The van der Waals surface area contributed by atoms with E-state index in [2.05, 4.69) is 10.3 Å². The number of aromatic nitrogens is 1. The van der Waals surface area contributed by atoms with E-state index in [9.17, 15) is 4.79 Å². The zero-order valence-corrected chi connectivity index (χ0v) is 14.0. The van der Waals surface area contributed by atoms with E-state index in [1.165, 1.54) is 11.3 Å². The molecule has 0 aliphatic rings.